The summed E-state index contributed by atoms with van der Waals surface area (Å²) < 4.78 is 38.5. The van der Waals surface area contributed by atoms with Gasteiger partial charge in [-0.2, -0.15) is 0 Å². The second-order valence-corrected chi connectivity index (χ2v) is 7.32. The molecule has 130 valence electrons. The minimum absolute atomic E-state index is 0.0407. The number of carbonyl (C=O) groups is 1. The van der Waals surface area contributed by atoms with Crippen molar-refractivity contribution in [2.24, 2.45) is 0 Å². The molecular formula is C16H15N3O5S. The first-order valence-electron chi connectivity index (χ1n) is 7.72. The molecule has 2 aliphatic heterocycles. The average molecular weight is 361 g/mol. The highest BCUT2D eigenvalue weighted by atomic mass is 32.2. The van der Waals surface area contributed by atoms with Gasteiger partial charge in [-0.25, -0.2) is 8.42 Å². The van der Waals surface area contributed by atoms with E-state index in [0.717, 1.165) is 0 Å². The van der Waals surface area contributed by atoms with E-state index in [-0.39, 0.29) is 16.5 Å². The molecule has 2 aliphatic rings. The van der Waals surface area contributed by atoms with Crippen LogP contribution in [0.2, 0.25) is 0 Å². The molecule has 0 aliphatic carbocycles. The van der Waals surface area contributed by atoms with Gasteiger partial charge in [0.05, 0.1) is 28.0 Å². The SMILES string of the molecule is O=C1NCCc2ncc(NS(=O)(=O)c3ccc4c(c3)OCCO4)cc21. The van der Waals surface area contributed by atoms with Crippen molar-refractivity contribution < 1.29 is 22.7 Å². The second-order valence-electron chi connectivity index (χ2n) is 5.64. The number of amides is 1. The summed E-state index contributed by atoms with van der Waals surface area (Å²) in [6, 6.07) is 5.90. The second kappa shape index (κ2) is 5.92. The first-order valence-corrected chi connectivity index (χ1v) is 9.21. The lowest BCUT2D eigenvalue weighted by molar-refractivity contribution is 0.0945. The Morgan fingerprint density at radius 2 is 1.92 bits per heavy atom. The number of carbonyl (C=O) groups excluding carboxylic acids is 1. The van der Waals surface area contributed by atoms with Crippen LogP contribution in [0.25, 0.3) is 0 Å². The number of anilines is 1. The fourth-order valence-electron chi connectivity index (χ4n) is 2.74. The lowest BCUT2D eigenvalue weighted by atomic mass is 10.1. The van der Waals surface area contributed by atoms with Crippen molar-refractivity contribution in [1.82, 2.24) is 10.3 Å². The molecule has 0 saturated heterocycles. The predicted molar refractivity (Wildman–Crippen MR) is 88.5 cm³/mol. The fraction of sp³-hybridized carbons (Fsp3) is 0.250. The van der Waals surface area contributed by atoms with Gasteiger partial charge in [-0.15, -0.1) is 0 Å². The molecule has 0 bridgehead atoms. The van der Waals surface area contributed by atoms with Crippen molar-refractivity contribution in [2.45, 2.75) is 11.3 Å². The van der Waals surface area contributed by atoms with E-state index in [9.17, 15) is 13.2 Å². The van der Waals surface area contributed by atoms with Gasteiger partial charge in [0.25, 0.3) is 15.9 Å². The quantitative estimate of drug-likeness (QED) is 0.843. The van der Waals surface area contributed by atoms with Crippen LogP contribution in [0.5, 0.6) is 11.5 Å². The predicted octanol–water partition coefficient (Wildman–Crippen LogP) is 0.939. The number of benzene rings is 1. The Balaban J connectivity index is 1.63. The van der Waals surface area contributed by atoms with Gasteiger partial charge in [0, 0.05) is 19.0 Å². The van der Waals surface area contributed by atoms with Crippen molar-refractivity contribution in [2.75, 3.05) is 24.5 Å². The number of ether oxygens (including phenoxy) is 2. The largest absolute Gasteiger partial charge is 0.486 e. The summed E-state index contributed by atoms with van der Waals surface area (Å²) >= 11 is 0. The zero-order chi connectivity index (χ0) is 17.4. The highest BCUT2D eigenvalue weighted by Gasteiger charge is 2.22. The highest BCUT2D eigenvalue weighted by molar-refractivity contribution is 7.92. The molecule has 1 aromatic heterocycles. The maximum Gasteiger partial charge on any atom is 0.262 e. The van der Waals surface area contributed by atoms with Gasteiger partial charge in [0.15, 0.2) is 11.5 Å². The number of hydrogen-bond donors (Lipinski definition) is 2. The average Bonchev–Trinajstić information content (AvgIpc) is 2.62. The number of pyridine rings is 1. The number of aromatic nitrogens is 1. The standard InChI is InChI=1S/C16H15N3O5S/c20-16-12-7-10(9-18-13(12)3-4-17-16)19-25(21,22)11-1-2-14-15(8-11)24-6-5-23-14/h1-2,7-9,19H,3-6H2,(H,17,20). The first kappa shape index (κ1) is 15.7. The Kier molecular flexibility index (Phi) is 3.72. The van der Waals surface area contributed by atoms with E-state index in [2.05, 4.69) is 15.0 Å². The van der Waals surface area contributed by atoms with E-state index < -0.39 is 10.0 Å². The fourth-order valence-corrected chi connectivity index (χ4v) is 3.79. The van der Waals surface area contributed by atoms with Gasteiger partial charge < -0.3 is 14.8 Å². The molecule has 0 atom stereocenters. The van der Waals surface area contributed by atoms with Crippen LogP contribution in [0.4, 0.5) is 5.69 Å². The number of rotatable bonds is 3. The Bertz CT molecular complexity index is 958. The third-order valence-electron chi connectivity index (χ3n) is 3.94. The zero-order valence-electron chi connectivity index (χ0n) is 13.1. The van der Waals surface area contributed by atoms with E-state index in [1.165, 1.54) is 24.4 Å². The summed E-state index contributed by atoms with van der Waals surface area (Å²) in [7, 11) is -3.85. The van der Waals surface area contributed by atoms with Crippen LogP contribution in [0.15, 0.2) is 35.4 Å². The normalized spacial score (nSPS) is 15.9. The summed E-state index contributed by atoms with van der Waals surface area (Å²) in [6.45, 7) is 1.33. The van der Waals surface area contributed by atoms with Gasteiger partial charge in [0.2, 0.25) is 0 Å². The van der Waals surface area contributed by atoms with Crippen LogP contribution >= 0.6 is 0 Å². The van der Waals surface area contributed by atoms with Gasteiger partial charge in [-0.3, -0.25) is 14.5 Å². The minimum Gasteiger partial charge on any atom is -0.486 e. The highest BCUT2D eigenvalue weighted by Crippen LogP contribution is 2.32. The van der Waals surface area contributed by atoms with Crippen LogP contribution < -0.4 is 19.5 Å². The topological polar surface area (TPSA) is 107 Å². The zero-order valence-corrected chi connectivity index (χ0v) is 13.9. The summed E-state index contributed by atoms with van der Waals surface area (Å²) in [6.07, 6.45) is 2.03. The maximum absolute atomic E-state index is 12.6. The molecule has 25 heavy (non-hydrogen) atoms. The number of sulfonamides is 1. The van der Waals surface area contributed by atoms with Crippen molar-refractivity contribution in [1.29, 1.82) is 0 Å². The number of fused-ring (bicyclic) bond motifs is 2. The van der Waals surface area contributed by atoms with Crippen molar-refractivity contribution in [3.05, 3.63) is 41.7 Å². The van der Waals surface area contributed by atoms with Gasteiger partial charge in [0.1, 0.15) is 13.2 Å². The number of hydrogen-bond acceptors (Lipinski definition) is 6. The Morgan fingerprint density at radius 3 is 2.76 bits per heavy atom. The van der Waals surface area contributed by atoms with E-state index in [1.807, 2.05) is 0 Å². The summed E-state index contributed by atoms with van der Waals surface area (Å²) in [5, 5.41) is 2.71. The molecule has 2 aromatic rings. The molecule has 9 heteroatoms. The molecule has 0 saturated carbocycles. The van der Waals surface area contributed by atoms with Crippen molar-refractivity contribution in [3.63, 3.8) is 0 Å². The smallest absolute Gasteiger partial charge is 0.262 e. The molecule has 0 fully saturated rings. The van der Waals surface area contributed by atoms with Crippen LogP contribution in [-0.4, -0.2) is 39.1 Å². The first-order chi connectivity index (χ1) is 12.0. The minimum atomic E-state index is -3.85. The summed E-state index contributed by atoms with van der Waals surface area (Å²) in [5.41, 5.74) is 1.27. The Morgan fingerprint density at radius 1 is 1.12 bits per heavy atom. The third-order valence-corrected chi connectivity index (χ3v) is 5.32. The van der Waals surface area contributed by atoms with Crippen LogP contribution in [0.1, 0.15) is 16.1 Å². The summed E-state index contributed by atoms with van der Waals surface area (Å²) in [5.74, 6) is 0.642. The van der Waals surface area contributed by atoms with Crippen LogP contribution in [0, 0.1) is 0 Å². The van der Waals surface area contributed by atoms with Gasteiger partial charge >= 0.3 is 0 Å². The number of nitrogens with one attached hydrogen (secondary N) is 2. The molecule has 2 N–H and O–H groups in total. The van der Waals surface area contributed by atoms with E-state index in [0.29, 0.717) is 48.9 Å². The lowest BCUT2D eigenvalue weighted by Crippen LogP contribution is -2.32. The molecule has 1 aromatic carbocycles. The third kappa shape index (κ3) is 2.98. The van der Waals surface area contributed by atoms with Gasteiger partial charge in [-0.05, 0) is 18.2 Å². The molecule has 1 amide bonds. The molecule has 0 unspecified atom stereocenters. The van der Waals surface area contributed by atoms with E-state index >= 15 is 0 Å². The Labute approximate surface area is 144 Å². The van der Waals surface area contributed by atoms with Gasteiger partial charge in [-0.1, -0.05) is 0 Å². The number of nitrogens with zero attached hydrogens (tertiary/aromatic N) is 1. The van der Waals surface area contributed by atoms with Crippen molar-refractivity contribution in [3.8, 4) is 11.5 Å². The molecule has 8 nitrogen and oxygen atoms in total. The van der Waals surface area contributed by atoms with E-state index in [4.69, 9.17) is 9.47 Å². The summed E-state index contributed by atoms with van der Waals surface area (Å²) in [4.78, 5) is 16.1. The molecular weight excluding hydrogens is 346 g/mol. The Hall–Kier alpha value is -2.81. The van der Waals surface area contributed by atoms with Crippen LogP contribution in [0.3, 0.4) is 0 Å². The molecule has 0 spiro atoms. The molecule has 4 rings (SSSR count). The van der Waals surface area contributed by atoms with E-state index in [1.54, 1.807) is 6.07 Å². The molecule has 3 heterocycles. The monoisotopic (exact) mass is 361 g/mol. The molecule has 0 radical (unpaired) electrons. The van der Waals surface area contributed by atoms with Crippen LogP contribution in [-0.2, 0) is 16.4 Å². The lowest BCUT2D eigenvalue weighted by Gasteiger charge is -2.19. The maximum atomic E-state index is 12.6. The van der Waals surface area contributed by atoms with Crippen molar-refractivity contribution >= 4 is 21.6 Å².